The van der Waals surface area contributed by atoms with Crippen molar-refractivity contribution in [1.29, 1.82) is 0 Å². The number of ether oxygens (including phenoxy) is 1. The number of fused-ring (bicyclic) bond motifs is 1. The third-order valence-electron chi connectivity index (χ3n) is 5.25. The molecule has 0 atom stereocenters. The van der Waals surface area contributed by atoms with Crippen LogP contribution in [0.5, 0.6) is 5.75 Å². The van der Waals surface area contributed by atoms with Gasteiger partial charge in [-0.05, 0) is 23.8 Å². The molecule has 0 radical (unpaired) electrons. The summed E-state index contributed by atoms with van der Waals surface area (Å²) in [4.78, 5) is 7.05. The van der Waals surface area contributed by atoms with Gasteiger partial charge >= 0.3 is 0 Å². The van der Waals surface area contributed by atoms with E-state index >= 15 is 0 Å². The van der Waals surface area contributed by atoms with Crippen LogP contribution < -0.4 is 10.1 Å². The molecule has 0 spiro atoms. The fraction of sp³-hybridized carbons (Fsp3) is 0.421. The molecule has 0 bridgehead atoms. The topological polar surface area (TPSA) is 81.2 Å². The van der Waals surface area contributed by atoms with Crippen LogP contribution >= 0.6 is 0 Å². The first-order valence-corrected chi connectivity index (χ1v) is 9.32. The van der Waals surface area contributed by atoms with Gasteiger partial charge in [0.25, 0.3) is 5.89 Å². The highest BCUT2D eigenvalue weighted by Crippen LogP contribution is 2.31. The van der Waals surface area contributed by atoms with E-state index in [0.29, 0.717) is 11.7 Å². The van der Waals surface area contributed by atoms with Gasteiger partial charge < -0.3 is 14.6 Å². The van der Waals surface area contributed by atoms with Crippen LogP contribution in [0.4, 0.5) is 0 Å². The second kappa shape index (κ2) is 6.79. The lowest BCUT2D eigenvalue weighted by molar-refractivity contribution is 0.228. The Hall–Kier alpha value is -2.71. The lowest BCUT2D eigenvalue weighted by atomic mass is 10.1. The summed E-state index contributed by atoms with van der Waals surface area (Å²) in [5.74, 6) is 2.06. The monoisotopic (exact) mass is 366 g/mol. The Morgan fingerprint density at radius 3 is 3.00 bits per heavy atom. The quantitative estimate of drug-likeness (QED) is 0.749. The van der Waals surface area contributed by atoms with Crippen LogP contribution in [-0.2, 0) is 20.0 Å². The summed E-state index contributed by atoms with van der Waals surface area (Å²) in [6.45, 7) is 5.64. The molecule has 140 valence electrons. The Morgan fingerprint density at radius 2 is 2.11 bits per heavy atom. The van der Waals surface area contributed by atoms with Crippen molar-refractivity contribution >= 4 is 0 Å². The van der Waals surface area contributed by atoms with Crippen LogP contribution in [0.1, 0.15) is 11.3 Å². The fourth-order valence-corrected chi connectivity index (χ4v) is 3.69. The van der Waals surface area contributed by atoms with Gasteiger partial charge in [0.05, 0.1) is 24.1 Å². The summed E-state index contributed by atoms with van der Waals surface area (Å²) in [6, 6.07) is 6.04. The number of hydrogen-bond acceptors (Lipinski definition) is 7. The van der Waals surface area contributed by atoms with Crippen molar-refractivity contribution in [2.45, 2.75) is 13.0 Å². The lowest BCUT2D eigenvalue weighted by Crippen LogP contribution is -2.43. The molecular formula is C19H22N6O2. The maximum absolute atomic E-state index is 5.59. The average molecular weight is 366 g/mol. The highest BCUT2D eigenvalue weighted by molar-refractivity contribution is 5.63. The van der Waals surface area contributed by atoms with Crippen LogP contribution in [0, 0.1) is 0 Å². The lowest BCUT2D eigenvalue weighted by Gasteiger charge is -2.27. The van der Waals surface area contributed by atoms with Crippen LogP contribution in [0.15, 0.2) is 28.9 Å². The van der Waals surface area contributed by atoms with Gasteiger partial charge in [0.15, 0.2) is 0 Å². The largest absolute Gasteiger partial charge is 0.493 e. The zero-order chi connectivity index (χ0) is 18.2. The molecule has 0 aliphatic carbocycles. The Kier molecular flexibility index (Phi) is 4.14. The molecule has 1 aromatic carbocycles. The highest BCUT2D eigenvalue weighted by atomic mass is 16.5. The van der Waals surface area contributed by atoms with E-state index in [-0.39, 0.29) is 0 Å². The minimum Gasteiger partial charge on any atom is -0.493 e. The highest BCUT2D eigenvalue weighted by Gasteiger charge is 2.21. The van der Waals surface area contributed by atoms with E-state index in [1.54, 1.807) is 0 Å². The van der Waals surface area contributed by atoms with E-state index in [2.05, 4.69) is 31.5 Å². The zero-order valence-electron chi connectivity index (χ0n) is 15.3. The van der Waals surface area contributed by atoms with Crippen LogP contribution in [0.2, 0.25) is 0 Å². The summed E-state index contributed by atoms with van der Waals surface area (Å²) in [6.07, 6.45) is 2.73. The Bertz CT molecular complexity index is 957. The molecular weight excluding hydrogens is 344 g/mol. The number of nitrogens with one attached hydrogen (secondary N) is 1. The van der Waals surface area contributed by atoms with Gasteiger partial charge in [-0.15, -0.1) is 0 Å². The third-order valence-corrected chi connectivity index (χ3v) is 5.25. The van der Waals surface area contributed by atoms with E-state index in [4.69, 9.17) is 9.26 Å². The van der Waals surface area contributed by atoms with Crippen molar-refractivity contribution < 1.29 is 9.26 Å². The van der Waals surface area contributed by atoms with Gasteiger partial charge in [0.2, 0.25) is 5.82 Å². The van der Waals surface area contributed by atoms with Gasteiger partial charge in [0, 0.05) is 51.8 Å². The summed E-state index contributed by atoms with van der Waals surface area (Å²) >= 11 is 0. The van der Waals surface area contributed by atoms with E-state index < -0.39 is 0 Å². The van der Waals surface area contributed by atoms with Crippen molar-refractivity contribution in [3.05, 3.63) is 35.7 Å². The number of piperazine rings is 1. The van der Waals surface area contributed by atoms with Gasteiger partial charge in [-0.25, -0.2) is 0 Å². The maximum Gasteiger partial charge on any atom is 0.261 e. The first-order valence-electron chi connectivity index (χ1n) is 9.32. The first-order chi connectivity index (χ1) is 13.3. The number of benzene rings is 1. The van der Waals surface area contributed by atoms with Gasteiger partial charge in [-0.1, -0.05) is 5.16 Å². The standard InChI is InChI=1S/C19H22N6O2/c1-24-16(12-25-7-5-20-6-8-25)15(11-21-24)19-22-18(23-27-19)14-2-3-17-13(10-14)4-9-26-17/h2-3,10-11,20H,4-9,12H2,1H3. The third kappa shape index (κ3) is 3.11. The van der Waals surface area contributed by atoms with Crippen LogP contribution in [0.25, 0.3) is 22.8 Å². The summed E-state index contributed by atoms with van der Waals surface area (Å²) in [7, 11) is 1.96. The average Bonchev–Trinajstić information content (AvgIpc) is 3.42. The van der Waals surface area contributed by atoms with Crippen LogP contribution in [-0.4, -0.2) is 57.6 Å². The molecule has 5 rings (SSSR count). The van der Waals surface area contributed by atoms with Crippen molar-refractivity contribution in [2.24, 2.45) is 7.05 Å². The number of aryl methyl sites for hydroxylation is 1. The van der Waals surface area contributed by atoms with E-state index in [9.17, 15) is 0 Å². The molecule has 1 saturated heterocycles. The molecule has 1 fully saturated rings. The first kappa shape index (κ1) is 16.5. The van der Waals surface area contributed by atoms with Gasteiger partial charge in [-0.2, -0.15) is 10.1 Å². The predicted octanol–water partition coefficient (Wildman–Crippen LogP) is 1.48. The fourth-order valence-electron chi connectivity index (χ4n) is 3.69. The normalized spacial score (nSPS) is 17.1. The Labute approximate surface area is 157 Å². The van der Waals surface area contributed by atoms with E-state index in [1.807, 2.05) is 30.1 Å². The second-order valence-corrected chi connectivity index (χ2v) is 7.00. The molecule has 0 amide bonds. The Balaban J connectivity index is 1.43. The summed E-state index contributed by atoms with van der Waals surface area (Å²) in [5, 5.41) is 12.0. The minimum atomic E-state index is 0.514. The Morgan fingerprint density at radius 1 is 1.22 bits per heavy atom. The predicted molar refractivity (Wildman–Crippen MR) is 99.3 cm³/mol. The van der Waals surface area contributed by atoms with Gasteiger partial charge in [-0.3, -0.25) is 9.58 Å². The minimum absolute atomic E-state index is 0.514. The van der Waals surface area contributed by atoms with Crippen molar-refractivity contribution in [2.75, 3.05) is 32.8 Å². The molecule has 2 aliphatic heterocycles. The smallest absolute Gasteiger partial charge is 0.261 e. The van der Waals surface area contributed by atoms with Gasteiger partial charge in [0.1, 0.15) is 5.75 Å². The number of rotatable bonds is 4. The van der Waals surface area contributed by atoms with E-state index in [0.717, 1.165) is 68.3 Å². The molecule has 3 aromatic rings. The molecule has 27 heavy (non-hydrogen) atoms. The number of hydrogen-bond donors (Lipinski definition) is 1. The molecule has 4 heterocycles. The molecule has 2 aromatic heterocycles. The van der Waals surface area contributed by atoms with Crippen LogP contribution in [0.3, 0.4) is 0 Å². The zero-order valence-corrected chi connectivity index (χ0v) is 15.3. The second-order valence-electron chi connectivity index (χ2n) is 7.00. The SMILES string of the molecule is Cn1ncc(-c2nc(-c3ccc4c(c3)CCO4)no2)c1CN1CCNCC1. The molecule has 1 N–H and O–H groups in total. The number of aromatic nitrogens is 4. The van der Waals surface area contributed by atoms with Crippen molar-refractivity contribution in [3.63, 3.8) is 0 Å². The molecule has 0 unspecified atom stereocenters. The molecule has 8 heteroatoms. The van der Waals surface area contributed by atoms with E-state index in [1.165, 1.54) is 5.56 Å². The summed E-state index contributed by atoms with van der Waals surface area (Å²) in [5.41, 5.74) is 4.13. The summed E-state index contributed by atoms with van der Waals surface area (Å²) < 4.78 is 13.1. The molecule has 2 aliphatic rings. The van der Waals surface area contributed by atoms with Crippen molar-refractivity contribution in [3.8, 4) is 28.6 Å². The van der Waals surface area contributed by atoms with Crippen molar-refractivity contribution in [1.82, 2.24) is 30.1 Å². The maximum atomic E-state index is 5.59. The molecule has 8 nitrogen and oxygen atoms in total. The number of nitrogens with zero attached hydrogens (tertiary/aromatic N) is 5. The molecule has 0 saturated carbocycles.